The molecule has 2 aromatic rings. The standard InChI is InChI=1S/C17H18N2O2S.C3H8/c1-10(2)9-21-15-6-5-13(7-14(15)8-18)17-19-11(3)16(22-17)12(4)20;1-3-2/h5-7,10H,9H2,1-4H3;3H2,1-2H3. The third-order valence-corrected chi connectivity index (χ3v) is 4.34. The number of nitriles is 1. The summed E-state index contributed by atoms with van der Waals surface area (Å²) in [4.78, 5) is 16.6. The monoisotopic (exact) mass is 358 g/mol. The van der Waals surface area contributed by atoms with E-state index in [9.17, 15) is 10.1 Å². The zero-order valence-corrected chi connectivity index (χ0v) is 16.7. The summed E-state index contributed by atoms with van der Waals surface area (Å²) in [7, 11) is 0. The summed E-state index contributed by atoms with van der Waals surface area (Å²) in [6, 6.07) is 7.59. The average molecular weight is 359 g/mol. The van der Waals surface area contributed by atoms with E-state index in [1.807, 2.05) is 13.0 Å². The summed E-state index contributed by atoms with van der Waals surface area (Å²) in [5.74, 6) is 0.990. The maximum absolute atomic E-state index is 11.5. The van der Waals surface area contributed by atoms with Gasteiger partial charge in [-0.15, -0.1) is 11.3 Å². The highest BCUT2D eigenvalue weighted by atomic mass is 32.1. The lowest BCUT2D eigenvalue weighted by atomic mass is 10.1. The molecule has 0 spiro atoms. The van der Waals surface area contributed by atoms with Crippen molar-refractivity contribution in [2.24, 2.45) is 5.92 Å². The summed E-state index contributed by atoms with van der Waals surface area (Å²) in [5, 5.41) is 10.0. The van der Waals surface area contributed by atoms with Gasteiger partial charge in [0.05, 0.1) is 22.7 Å². The van der Waals surface area contributed by atoms with Crippen molar-refractivity contribution in [1.29, 1.82) is 5.26 Å². The van der Waals surface area contributed by atoms with Gasteiger partial charge in [0.15, 0.2) is 5.78 Å². The topological polar surface area (TPSA) is 63.0 Å². The normalized spacial score (nSPS) is 10.0. The van der Waals surface area contributed by atoms with Crippen LogP contribution in [0.4, 0.5) is 0 Å². The molecule has 0 N–H and O–H groups in total. The minimum Gasteiger partial charge on any atom is -0.492 e. The Morgan fingerprint density at radius 1 is 1.36 bits per heavy atom. The van der Waals surface area contributed by atoms with E-state index in [1.165, 1.54) is 24.7 Å². The van der Waals surface area contributed by atoms with Crippen molar-refractivity contribution in [3.63, 3.8) is 0 Å². The molecule has 0 radical (unpaired) electrons. The molecule has 0 fully saturated rings. The number of hydrogen-bond acceptors (Lipinski definition) is 5. The summed E-state index contributed by atoms with van der Waals surface area (Å²) in [5.41, 5.74) is 2.04. The van der Waals surface area contributed by atoms with Crippen LogP contribution < -0.4 is 4.74 Å². The smallest absolute Gasteiger partial charge is 0.171 e. The van der Waals surface area contributed by atoms with Crippen LogP contribution in [0.2, 0.25) is 0 Å². The number of Topliss-reactive ketones (excluding diaryl/α,β-unsaturated/α-hetero) is 1. The second-order valence-corrected chi connectivity index (χ2v) is 7.22. The molecule has 0 unspecified atom stereocenters. The molecule has 1 aromatic carbocycles. The van der Waals surface area contributed by atoms with E-state index in [-0.39, 0.29) is 5.78 Å². The predicted octanol–water partition coefficient (Wildman–Crippen LogP) is 5.64. The summed E-state index contributed by atoms with van der Waals surface area (Å²) < 4.78 is 5.65. The zero-order valence-electron chi connectivity index (χ0n) is 15.8. The van der Waals surface area contributed by atoms with Gasteiger partial charge in [-0.05, 0) is 31.0 Å². The van der Waals surface area contributed by atoms with Crippen LogP contribution in [-0.4, -0.2) is 17.4 Å². The molecule has 0 atom stereocenters. The van der Waals surface area contributed by atoms with Crippen LogP contribution in [-0.2, 0) is 0 Å². The molecule has 0 saturated heterocycles. The number of ketones is 1. The lowest BCUT2D eigenvalue weighted by Crippen LogP contribution is -2.05. The van der Waals surface area contributed by atoms with Crippen molar-refractivity contribution in [2.75, 3.05) is 6.61 Å². The number of aromatic nitrogens is 1. The van der Waals surface area contributed by atoms with Gasteiger partial charge in [-0.1, -0.05) is 34.1 Å². The fourth-order valence-electron chi connectivity index (χ4n) is 1.98. The van der Waals surface area contributed by atoms with E-state index < -0.39 is 0 Å². The van der Waals surface area contributed by atoms with Gasteiger partial charge in [0.25, 0.3) is 0 Å². The quantitative estimate of drug-likeness (QED) is 0.648. The van der Waals surface area contributed by atoms with Crippen molar-refractivity contribution in [3.05, 3.63) is 34.3 Å². The fourth-order valence-corrected chi connectivity index (χ4v) is 2.94. The minimum absolute atomic E-state index is 0.0126. The number of rotatable bonds is 5. The Hall–Kier alpha value is -2.19. The Labute approximate surface area is 154 Å². The number of hydrogen-bond donors (Lipinski definition) is 0. The second kappa shape index (κ2) is 9.95. The SMILES string of the molecule is CC(=O)c1sc(-c2ccc(OCC(C)C)c(C#N)c2)nc1C.CCC. The van der Waals surface area contributed by atoms with Crippen LogP contribution in [0.1, 0.15) is 62.0 Å². The van der Waals surface area contributed by atoms with Gasteiger partial charge in [-0.3, -0.25) is 4.79 Å². The highest BCUT2D eigenvalue weighted by Crippen LogP contribution is 2.31. The zero-order chi connectivity index (χ0) is 19.0. The molecule has 25 heavy (non-hydrogen) atoms. The van der Waals surface area contributed by atoms with Crippen molar-refractivity contribution in [3.8, 4) is 22.4 Å². The molecular weight excluding hydrogens is 332 g/mol. The molecule has 2 rings (SSSR count). The van der Waals surface area contributed by atoms with Crippen molar-refractivity contribution < 1.29 is 9.53 Å². The van der Waals surface area contributed by atoms with Crippen LogP contribution >= 0.6 is 11.3 Å². The van der Waals surface area contributed by atoms with Crippen molar-refractivity contribution in [1.82, 2.24) is 4.98 Å². The third kappa shape index (κ3) is 5.99. The molecule has 5 heteroatoms. The molecule has 0 aliphatic carbocycles. The number of benzene rings is 1. The van der Waals surface area contributed by atoms with E-state index in [0.29, 0.717) is 28.7 Å². The average Bonchev–Trinajstić information content (AvgIpc) is 2.95. The number of aryl methyl sites for hydroxylation is 1. The van der Waals surface area contributed by atoms with Crippen molar-refractivity contribution >= 4 is 17.1 Å². The third-order valence-electron chi connectivity index (χ3n) is 3.04. The van der Waals surface area contributed by atoms with E-state index in [4.69, 9.17) is 4.74 Å². The van der Waals surface area contributed by atoms with Gasteiger partial charge in [0, 0.05) is 12.5 Å². The molecule has 4 nitrogen and oxygen atoms in total. The summed E-state index contributed by atoms with van der Waals surface area (Å²) in [6.45, 7) is 12.3. The first-order valence-electron chi connectivity index (χ1n) is 8.49. The molecule has 0 bridgehead atoms. The molecule has 0 aliphatic heterocycles. The first kappa shape index (κ1) is 20.9. The molecule has 134 valence electrons. The lowest BCUT2D eigenvalue weighted by molar-refractivity contribution is 0.102. The van der Waals surface area contributed by atoms with Gasteiger partial charge in [0.2, 0.25) is 0 Å². The Balaban J connectivity index is 0.000000970. The largest absolute Gasteiger partial charge is 0.492 e. The Morgan fingerprint density at radius 3 is 2.48 bits per heavy atom. The number of thiazole rings is 1. The van der Waals surface area contributed by atoms with Crippen LogP contribution in [0.5, 0.6) is 5.75 Å². The van der Waals surface area contributed by atoms with E-state index in [0.717, 1.165) is 16.3 Å². The maximum Gasteiger partial charge on any atom is 0.171 e. The maximum atomic E-state index is 11.5. The number of nitrogens with zero attached hydrogens (tertiary/aromatic N) is 2. The van der Waals surface area contributed by atoms with E-state index in [2.05, 4.69) is 38.7 Å². The molecule has 0 amide bonds. The fraction of sp³-hybridized carbons (Fsp3) is 0.450. The van der Waals surface area contributed by atoms with Gasteiger partial charge in [-0.25, -0.2) is 4.98 Å². The Kier molecular flexibility index (Phi) is 8.30. The van der Waals surface area contributed by atoms with Crippen molar-refractivity contribution in [2.45, 2.75) is 48.0 Å². The molecule has 0 aliphatic rings. The first-order valence-corrected chi connectivity index (χ1v) is 9.31. The molecular formula is C20H26N2O2S. The highest BCUT2D eigenvalue weighted by Gasteiger charge is 2.14. The Morgan fingerprint density at radius 2 is 2.00 bits per heavy atom. The van der Waals surface area contributed by atoms with Gasteiger partial charge in [-0.2, -0.15) is 5.26 Å². The predicted molar refractivity (Wildman–Crippen MR) is 103 cm³/mol. The van der Waals surface area contributed by atoms with Gasteiger partial charge in [0.1, 0.15) is 16.8 Å². The van der Waals surface area contributed by atoms with Crippen LogP contribution in [0.25, 0.3) is 10.6 Å². The van der Waals surface area contributed by atoms with Crippen LogP contribution in [0.15, 0.2) is 18.2 Å². The highest BCUT2D eigenvalue weighted by molar-refractivity contribution is 7.17. The van der Waals surface area contributed by atoms with Gasteiger partial charge >= 0.3 is 0 Å². The number of carbonyl (C=O) groups excluding carboxylic acids is 1. The molecule has 1 heterocycles. The van der Waals surface area contributed by atoms with E-state index in [1.54, 1.807) is 12.1 Å². The van der Waals surface area contributed by atoms with Crippen LogP contribution in [0.3, 0.4) is 0 Å². The van der Waals surface area contributed by atoms with E-state index >= 15 is 0 Å². The first-order chi connectivity index (χ1) is 11.8. The summed E-state index contributed by atoms with van der Waals surface area (Å²) >= 11 is 1.35. The number of carbonyl (C=O) groups is 1. The summed E-state index contributed by atoms with van der Waals surface area (Å²) in [6.07, 6.45) is 1.25. The second-order valence-electron chi connectivity index (χ2n) is 6.22. The van der Waals surface area contributed by atoms with Crippen LogP contribution in [0, 0.1) is 24.2 Å². The molecule has 0 saturated carbocycles. The lowest BCUT2D eigenvalue weighted by Gasteiger charge is -2.10. The molecule has 1 aromatic heterocycles. The Bertz CT molecular complexity index is 758. The number of ether oxygens (including phenoxy) is 1. The van der Waals surface area contributed by atoms with Gasteiger partial charge < -0.3 is 4.74 Å². The minimum atomic E-state index is 0.0126.